The molecule has 12 heavy (non-hydrogen) atoms. The molecule has 62 valence electrons. The zero-order valence-electron chi connectivity index (χ0n) is 6.40. The first kappa shape index (κ1) is 8.20. The molecule has 0 unspecified atom stereocenters. The van der Waals surface area contributed by atoms with Crippen LogP contribution in [0.4, 0.5) is 4.39 Å². The minimum Gasteiger partial charge on any atom is -0.207 e. The van der Waals surface area contributed by atoms with Crippen LogP contribution in [0, 0.1) is 12.7 Å². The summed E-state index contributed by atoms with van der Waals surface area (Å²) in [6.45, 7) is 1.80. The summed E-state index contributed by atoms with van der Waals surface area (Å²) in [6.07, 6.45) is 0. The SMILES string of the molecule is Cc1c(F)ccc2scc(Br)c12. The Labute approximate surface area is 82.2 Å². The van der Waals surface area contributed by atoms with Gasteiger partial charge < -0.3 is 0 Å². The second kappa shape index (κ2) is 2.82. The lowest BCUT2D eigenvalue weighted by Crippen LogP contribution is -1.81. The first-order valence-corrected chi connectivity index (χ1v) is 5.19. The summed E-state index contributed by atoms with van der Waals surface area (Å²) in [6, 6.07) is 3.33. The van der Waals surface area contributed by atoms with E-state index >= 15 is 0 Å². The van der Waals surface area contributed by atoms with Crippen LogP contribution in [0.15, 0.2) is 22.0 Å². The molecule has 0 aliphatic carbocycles. The molecule has 0 saturated heterocycles. The van der Waals surface area contributed by atoms with Crippen LogP contribution in [-0.4, -0.2) is 0 Å². The fraction of sp³-hybridized carbons (Fsp3) is 0.111. The normalized spacial score (nSPS) is 10.9. The van der Waals surface area contributed by atoms with Crippen molar-refractivity contribution in [3.63, 3.8) is 0 Å². The molecule has 0 radical (unpaired) electrons. The van der Waals surface area contributed by atoms with Crippen molar-refractivity contribution in [1.82, 2.24) is 0 Å². The predicted octanol–water partition coefficient (Wildman–Crippen LogP) is 4.11. The molecule has 2 rings (SSSR count). The van der Waals surface area contributed by atoms with Crippen LogP contribution >= 0.6 is 27.3 Å². The molecule has 1 heterocycles. The first-order chi connectivity index (χ1) is 5.70. The predicted molar refractivity (Wildman–Crippen MR) is 54.2 cm³/mol. The van der Waals surface area contributed by atoms with Crippen molar-refractivity contribution in [3.8, 4) is 0 Å². The summed E-state index contributed by atoms with van der Waals surface area (Å²) in [5.41, 5.74) is 0.723. The molecule has 0 N–H and O–H groups in total. The van der Waals surface area contributed by atoms with E-state index in [1.165, 1.54) is 6.07 Å². The number of hydrogen-bond donors (Lipinski definition) is 0. The number of benzene rings is 1. The summed E-state index contributed by atoms with van der Waals surface area (Å²) < 4.78 is 15.2. The molecule has 1 aromatic carbocycles. The van der Waals surface area contributed by atoms with Gasteiger partial charge in [-0.05, 0) is 40.5 Å². The van der Waals surface area contributed by atoms with Crippen LogP contribution in [0.3, 0.4) is 0 Å². The van der Waals surface area contributed by atoms with E-state index in [0.717, 1.165) is 20.1 Å². The van der Waals surface area contributed by atoms with Gasteiger partial charge in [0.15, 0.2) is 0 Å². The Morgan fingerprint density at radius 3 is 2.92 bits per heavy atom. The Hall–Kier alpha value is -0.410. The molecule has 0 aliphatic rings. The largest absolute Gasteiger partial charge is 0.207 e. The molecule has 0 aliphatic heterocycles. The Balaban J connectivity index is 2.96. The number of rotatable bonds is 0. The summed E-state index contributed by atoms with van der Waals surface area (Å²) in [7, 11) is 0. The van der Waals surface area contributed by atoms with Crippen molar-refractivity contribution in [3.05, 3.63) is 33.4 Å². The van der Waals surface area contributed by atoms with Crippen LogP contribution in [0.25, 0.3) is 10.1 Å². The minimum atomic E-state index is -0.137. The molecular weight excluding hydrogens is 239 g/mol. The number of fused-ring (bicyclic) bond motifs is 1. The average Bonchev–Trinajstić information content (AvgIpc) is 2.41. The summed E-state index contributed by atoms with van der Waals surface area (Å²) in [5.74, 6) is -0.137. The van der Waals surface area contributed by atoms with Gasteiger partial charge in [-0.15, -0.1) is 11.3 Å². The lowest BCUT2D eigenvalue weighted by Gasteiger charge is -1.97. The van der Waals surface area contributed by atoms with Crippen molar-refractivity contribution in [2.75, 3.05) is 0 Å². The Morgan fingerprint density at radius 2 is 2.17 bits per heavy atom. The summed E-state index contributed by atoms with van der Waals surface area (Å²) >= 11 is 5.02. The van der Waals surface area contributed by atoms with Gasteiger partial charge in [-0.25, -0.2) is 4.39 Å². The molecule has 0 saturated carbocycles. The Bertz CT molecular complexity index is 433. The third kappa shape index (κ3) is 1.08. The lowest BCUT2D eigenvalue weighted by molar-refractivity contribution is 0.621. The number of halogens is 2. The van der Waals surface area contributed by atoms with Gasteiger partial charge in [0, 0.05) is 19.9 Å². The van der Waals surface area contributed by atoms with Crippen LogP contribution in [-0.2, 0) is 0 Å². The van der Waals surface area contributed by atoms with Crippen LogP contribution in [0.2, 0.25) is 0 Å². The number of thiophene rings is 1. The smallest absolute Gasteiger partial charge is 0.126 e. The van der Waals surface area contributed by atoms with Gasteiger partial charge in [-0.3, -0.25) is 0 Å². The molecule has 0 spiro atoms. The van der Waals surface area contributed by atoms with Crippen molar-refractivity contribution in [1.29, 1.82) is 0 Å². The van der Waals surface area contributed by atoms with E-state index in [1.807, 2.05) is 11.4 Å². The monoisotopic (exact) mass is 244 g/mol. The zero-order valence-corrected chi connectivity index (χ0v) is 8.80. The quantitative estimate of drug-likeness (QED) is 0.655. The van der Waals surface area contributed by atoms with E-state index in [-0.39, 0.29) is 5.82 Å². The van der Waals surface area contributed by atoms with E-state index in [4.69, 9.17) is 0 Å². The zero-order chi connectivity index (χ0) is 8.72. The van der Waals surface area contributed by atoms with Gasteiger partial charge in [-0.1, -0.05) is 0 Å². The highest BCUT2D eigenvalue weighted by molar-refractivity contribution is 9.10. The van der Waals surface area contributed by atoms with Gasteiger partial charge in [0.1, 0.15) is 5.82 Å². The average molecular weight is 245 g/mol. The molecule has 0 atom stereocenters. The van der Waals surface area contributed by atoms with Crippen molar-refractivity contribution < 1.29 is 4.39 Å². The van der Waals surface area contributed by atoms with Crippen molar-refractivity contribution >= 4 is 37.4 Å². The van der Waals surface area contributed by atoms with Crippen molar-refractivity contribution in [2.45, 2.75) is 6.92 Å². The van der Waals surface area contributed by atoms with Gasteiger partial charge in [0.25, 0.3) is 0 Å². The second-order valence-corrected chi connectivity index (χ2v) is 4.39. The van der Waals surface area contributed by atoms with Crippen LogP contribution in [0.1, 0.15) is 5.56 Å². The van der Waals surface area contributed by atoms with Gasteiger partial charge in [-0.2, -0.15) is 0 Å². The highest BCUT2D eigenvalue weighted by Gasteiger charge is 2.07. The highest BCUT2D eigenvalue weighted by Crippen LogP contribution is 2.33. The number of aryl methyl sites for hydroxylation is 1. The van der Waals surface area contributed by atoms with Crippen molar-refractivity contribution in [2.24, 2.45) is 0 Å². The minimum absolute atomic E-state index is 0.137. The maximum Gasteiger partial charge on any atom is 0.126 e. The van der Waals surface area contributed by atoms with E-state index in [2.05, 4.69) is 15.9 Å². The second-order valence-electron chi connectivity index (χ2n) is 2.63. The molecule has 0 fully saturated rings. The molecule has 0 bridgehead atoms. The number of hydrogen-bond acceptors (Lipinski definition) is 1. The Kier molecular flexibility index (Phi) is 1.93. The highest BCUT2D eigenvalue weighted by atomic mass is 79.9. The Morgan fingerprint density at radius 1 is 1.42 bits per heavy atom. The van der Waals surface area contributed by atoms with E-state index in [1.54, 1.807) is 18.3 Å². The fourth-order valence-electron chi connectivity index (χ4n) is 1.23. The van der Waals surface area contributed by atoms with Crippen LogP contribution in [0.5, 0.6) is 0 Å². The molecule has 0 nitrogen and oxygen atoms in total. The molecule has 0 amide bonds. The summed E-state index contributed by atoms with van der Waals surface area (Å²) in [5, 5.41) is 2.98. The fourth-order valence-corrected chi connectivity index (χ4v) is 3.03. The lowest BCUT2D eigenvalue weighted by atomic mass is 10.1. The third-order valence-corrected chi connectivity index (χ3v) is 3.77. The van der Waals surface area contributed by atoms with Gasteiger partial charge in [0.05, 0.1) is 0 Å². The standard InChI is InChI=1S/C9H6BrFS/c1-5-7(11)2-3-8-9(5)6(10)4-12-8/h2-4H,1H3. The van der Waals surface area contributed by atoms with E-state index in [9.17, 15) is 4.39 Å². The topological polar surface area (TPSA) is 0 Å². The summed E-state index contributed by atoms with van der Waals surface area (Å²) in [4.78, 5) is 0. The molecule has 1 aromatic heterocycles. The van der Waals surface area contributed by atoms with E-state index < -0.39 is 0 Å². The third-order valence-electron chi connectivity index (χ3n) is 1.89. The molecule has 3 heteroatoms. The maximum atomic E-state index is 13.1. The maximum absolute atomic E-state index is 13.1. The van der Waals surface area contributed by atoms with Crippen LogP contribution < -0.4 is 0 Å². The van der Waals surface area contributed by atoms with Gasteiger partial charge in [0.2, 0.25) is 0 Å². The molecular formula is C9H6BrFS. The van der Waals surface area contributed by atoms with Gasteiger partial charge >= 0.3 is 0 Å². The van der Waals surface area contributed by atoms with E-state index in [0.29, 0.717) is 0 Å². The first-order valence-electron chi connectivity index (χ1n) is 3.52. The molecule has 2 aromatic rings.